The molecule has 0 aromatic carbocycles. The van der Waals surface area contributed by atoms with Crippen LogP contribution in [0.5, 0.6) is 0 Å². The average Bonchev–Trinajstić information content (AvgIpc) is 3.30. The highest BCUT2D eigenvalue weighted by molar-refractivity contribution is 5.71. The minimum atomic E-state index is -0.830. The van der Waals surface area contributed by atoms with Gasteiger partial charge in [-0.3, -0.25) is 14.4 Å². The number of unbranched alkanes of at least 4 members (excludes halogenated alkanes) is 14. The Kier molecular flexibility index (Phi) is 49.1. The predicted octanol–water partition coefficient (Wildman–Crippen LogP) is 17.3. The van der Waals surface area contributed by atoms with Gasteiger partial charge >= 0.3 is 17.9 Å². The number of hydrogen-bond acceptors (Lipinski definition) is 6. The van der Waals surface area contributed by atoms with Crippen molar-refractivity contribution in [1.29, 1.82) is 0 Å². The van der Waals surface area contributed by atoms with E-state index in [1.807, 2.05) is 12.2 Å². The molecule has 6 heteroatoms. The first kappa shape index (κ1) is 60.8. The van der Waals surface area contributed by atoms with E-state index in [4.69, 9.17) is 14.2 Å². The van der Waals surface area contributed by atoms with E-state index in [1.165, 1.54) is 44.9 Å². The van der Waals surface area contributed by atoms with Gasteiger partial charge in [-0.25, -0.2) is 0 Å². The first-order chi connectivity index (χ1) is 32.0. The molecule has 0 spiro atoms. The zero-order chi connectivity index (χ0) is 47.2. The number of allylic oxidation sites excluding steroid dienone is 20. The number of esters is 3. The van der Waals surface area contributed by atoms with E-state index in [1.54, 1.807) is 0 Å². The van der Waals surface area contributed by atoms with Crippen LogP contribution in [0.15, 0.2) is 122 Å². The number of carbonyl (C=O) groups excluding carboxylic acids is 3. The fraction of sp³-hybridized carbons (Fsp3) is 0.610. The second-order valence-corrected chi connectivity index (χ2v) is 16.7. The Balaban J connectivity index is 4.53. The number of rotatable bonds is 45. The van der Waals surface area contributed by atoms with Crippen LogP contribution in [0.1, 0.15) is 213 Å². The lowest BCUT2D eigenvalue weighted by atomic mass is 10.1. The van der Waals surface area contributed by atoms with Gasteiger partial charge in [-0.15, -0.1) is 0 Å². The standard InChI is InChI=1S/C59H94O6/c1-4-7-10-13-16-19-22-25-27-29-30-31-33-34-37-40-43-46-49-52-58(61)64-55-56(54-63-57(60)51-48-45-42-39-36-24-21-18-15-12-9-6-3)65-59(62)53-50-47-44-41-38-35-32-28-26-23-20-17-14-11-8-5-2/h7-8,10-11,16-21,25-28,30-31,35,38,44,47,56H,4-6,9,12-15,22-24,29,32-34,36-37,39-43,45-46,48-55H2,1-3H3/b10-7-,11-8-,19-16-,20-17-,21-18-,27-25-,28-26-,31-30-,38-35-,47-44-. The van der Waals surface area contributed by atoms with Crippen molar-refractivity contribution < 1.29 is 28.6 Å². The summed E-state index contributed by atoms with van der Waals surface area (Å²) in [7, 11) is 0. The van der Waals surface area contributed by atoms with Crippen LogP contribution in [-0.2, 0) is 28.6 Å². The van der Waals surface area contributed by atoms with Crippen LogP contribution in [-0.4, -0.2) is 37.2 Å². The van der Waals surface area contributed by atoms with Gasteiger partial charge in [0, 0.05) is 19.3 Å². The summed E-state index contributed by atoms with van der Waals surface area (Å²) < 4.78 is 16.7. The quantitative estimate of drug-likeness (QED) is 0.0262. The van der Waals surface area contributed by atoms with Crippen LogP contribution in [0.2, 0.25) is 0 Å². The Morgan fingerprint density at radius 2 is 0.631 bits per heavy atom. The minimum absolute atomic E-state index is 0.120. The van der Waals surface area contributed by atoms with Crippen molar-refractivity contribution >= 4 is 17.9 Å². The van der Waals surface area contributed by atoms with E-state index in [-0.39, 0.29) is 31.6 Å². The summed E-state index contributed by atoms with van der Waals surface area (Å²) in [5.41, 5.74) is 0. The fourth-order valence-electron chi connectivity index (χ4n) is 6.59. The monoisotopic (exact) mass is 899 g/mol. The maximum absolute atomic E-state index is 12.8. The molecule has 1 atom stereocenters. The average molecular weight is 899 g/mol. The molecule has 0 saturated heterocycles. The highest BCUT2D eigenvalue weighted by atomic mass is 16.6. The van der Waals surface area contributed by atoms with Crippen molar-refractivity contribution in [2.75, 3.05) is 13.2 Å². The van der Waals surface area contributed by atoms with Crippen LogP contribution in [0.3, 0.4) is 0 Å². The minimum Gasteiger partial charge on any atom is -0.462 e. The Labute approximate surface area is 399 Å². The number of hydrogen-bond donors (Lipinski definition) is 0. The molecular formula is C59H94O6. The van der Waals surface area contributed by atoms with Gasteiger partial charge in [0.25, 0.3) is 0 Å². The Morgan fingerprint density at radius 3 is 1.02 bits per heavy atom. The van der Waals surface area contributed by atoms with Crippen LogP contribution >= 0.6 is 0 Å². The lowest BCUT2D eigenvalue weighted by Crippen LogP contribution is -2.30. The van der Waals surface area contributed by atoms with Crippen molar-refractivity contribution in [3.63, 3.8) is 0 Å². The molecule has 0 N–H and O–H groups in total. The zero-order valence-electron chi connectivity index (χ0n) is 41.7. The lowest BCUT2D eigenvalue weighted by Gasteiger charge is -2.18. The molecule has 0 aliphatic carbocycles. The summed E-state index contributed by atoms with van der Waals surface area (Å²) in [6, 6.07) is 0. The topological polar surface area (TPSA) is 78.9 Å². The van der Waals surface area contributed by atoms with Crippen LogP contribution in [0, 0.1) is 0 Å². The molecule has 0 aromatic heterocycles. The number of ether oxygens (including phenoxy) is 3. The summed E-state index contributed by atoms with van der Waals surface area (Å²) in [5, 5.41) is 0. The first-order valence-corrected chi connectivity index (χ1v) is 26.0. The molecule has 0 aromatic rings. The number of carbonyl (C=O) groups is 3. The molecule has 0 heterocycles. The van der Waals surface area contributed by atoms with Crippen molar-refractivity contribution in [2.45, 2.75) is 219 Å². The van der Waals surface area contributed by atoms with E-state index >= 15 is 0 Å². The molecule has 0 saturated carbocycles. The third-order valence-corrected chi connectivity index (χ3v) is 10.4. The summed E-state index contributed by atoms with van der Waals surface area (Å²) in [5.74, 6) is -1.03. The van der Waals surface area contributed by atoms with E-state index in [2.05, 4.69) is 130 Å². The molecule has 366 valence electrons. The zero-order valence-corrected chi connectivity index (χ0v) is 41.7. The van der Waals surface area contributed by atoms with Gasteiger partial charge in [-0.05, 0) is 116 Å². The van der Waals surface area contributed by atoms with Crippen molar-refractivity contribution in [3.8, 4) is 0 Å². The van der Waals surface area contributed by atoms with Gasteiger partial charge in [0.1, 0.15) is 13.2 Å². The van der Waals surface area contributed by atoms with Gasteiger partial charge in [-0.1, -0.05) is 200 Å². The van der Waals surface area contributed by atoms with E-state index in [9.17, 15) is 14.4 Å². The highest BCUT2D eigenvalue weighted by Crippen LogP contribution is 2.12. The molecule has 65 heavy (non-hydrogen) atoms. The van der Waals surface area contributed by atoms with Crippen LogP contribution in [0.4, 0.5) is 0 Å². The van der Waals surface area contributed by atoms with Crippen molar-refractivity contribution in [3.05, 3.63) is 122 Å². The Bertz CT molecular complexity index is 1400. The maximum Gasteiger partial charge on any atom is 0.306 e. The van der Waals surface area contributed by atoms with Crippen molar-refractivity contribution in [1.82, 2.24) is 0 Å². The second-order valence-electron chi connectivity index (χ2n) is 16.7. The fourth-order valence-corrected chi connectivity index (χ4v) is 6.59. The van der Waals surface area contributed by atoms with E-state index in [0.717, 1.165) is 122 Å². The first-order valence-electron chi connectivity index (χ1n) is 26.0. The van der Waals surface area contributed by atoms with Crippen LogP contribution in [0.25, 0.3) is 0 Å². The highest BCUT2D eigenvalue weighted by Gasteiger charge is 2.19. The molecule has 0 radical (unpaired) electrons. The van der Waals surface area contributed by atoms with E-state index < -0.39 is 12.1 Å². The van der Waals surface area contributed by atoms with Gasteiger partial charge in [0.05, 0.1) is 0 Å². The molecule has 0 bridgehead atoms. The van der Waals surface area contributed by atoms with Gasteiger partial charge in [0.15, 0.2) is 6.10 Å². The van der Waals surface area contributed by atoms with Gasteiger partial charge in [-0.2, -0.15) is 0 Å². The normalized spacial score (nSPS) is 13.1. The SMILES string of the molecule is CC/C=C\C/C=C\C/C=C\C/C=C\C/C=C\CCC(=O)OC(COC(=O)CCCCCCC/C=C\CCCCC)COC(=O)CCCCCCCC/C=C\C/C=C\C/C=C\C/C=C\CC. The summed E-state index contributed by atoms with van der Waals surface area (Å²) in [6.07, 6.45) is 71.9. The smallest absolute Gasteiger partial charge is 0.306 e. The lowest BCUT2D eigenvalue weighted by molar-refractivity contribution is -0.166. The summed E-state index contributed by atoms with van der Waals surface area (Å²) in [6.45, 7) is 6.29. The molecule has 0 rings (SSSR count). The van der Waals surface area contributed by atoms with E-state index in [0.29, 0.717) is 19.3 Å². The van der Waals surface area contributed by atoms with Gasteiger partial charge < -0.3 is 14.2 Å². The molecule has 6 nitrogen and oxygen atoms in total. The predicted molar refractivity (Wildman–Crippen MR) is 279 cm³/mol. The molecule has 0 amide bonds. The summed E-state index contributed by atoms with van der Waals surface area (Å²) >= 11 is 0. The molecule has 0 fully saturated rings. The second kappa shape index (κ2) is 52.4. The molecule has 1 unspecified atom stereocenters. The molecule has 0 aliphatic heterocycles. The maximum atomic E-state index is 12.8. The Morgan fingerprint density at radius 1 is 0.323 bits per heavy atom. The van der Waals surface area contributed by atoms with Crippen LogP contribution < -0.4 is 0 Å². The molecule has 0 aliphatic rings. The largest absolute Gasteiger partial charge is 0.462 e. The molecular weight excluding hydrogens is 805 g/mol. The third-order valence-electron chi connectivity index (χ3n) is 10.4. The van der Waals surface area contributed by atoms with Gasteiger partial charge in [0.2, 0.25) is 0 Å². The summed E-state index contributed by atoms with van der Waals surface area (Å²) in [4.78, 5) is 38.0. The van der Waals surface area contributed by atoms with Crippen molar-refractivity contribution in [2.24, 2.45) is 0 Å². The third kappa shape index (κ3) is 50.7. The Hall–Kier alpha value is -4.19.